The van der Waals surface area contributed by atoms with E-state index < -0.39 is 16.1 Å². The van der Waals surface area contributed by atoms with Gasteiger partial charge in [0, 0.05) is 31.9 Å². The van der Waals surface area contributed by atoms with E-state index >= 15 is 0 Å². The maximum absolute atomic E-state index is 13.3. The van der Waals surface area contributed by atoms with Crippen LogP contribution in [0.5, 0.6) is 0 Å². The van der Waals surface area contributed by atoms with Crippen LogP contribution in [-0.2, 0) is 14.8 Å². The molecule has 3 rings (SSSR count). The number of carbonyl (C=O) groups excluding carboxylic acids is 1. The van der Waals surface area contributed by atoms with Gasteiger partial charge < -0.3 is 9.80 Å². The van der Waals surface area contributed by atoms with Crippen molar-refractivity contribution in [3.8, 4) is 0 Å². The number of nitrogens with zero attached hydrogens (tertiary/aromatic N) is 3. The number of rotatable bonds is 6. The van der Waals surface area contributed by atoms with E-state index in [-0.39, 0.29) is 5.91 Å². The van der Waals surface area contributed by atoms with Gasteiger partial charge in [0.2, 0.25) is 15.9 Å². The monoisotopic (exact) mass is 415 g/mol. The maximum Gasteiger partial charge on any atom is 0.246 e. The van der Waals surface area contributed by atoms with Crippen LogP contribution in [0.4, 0.5) is 11.4 Å². The molecule has 1 fully saturated rings. The zero-order valence-corrected chi connectivity index (χ0v) is 18.1. The Morgan fingerprint density at radius 2 is 1.69 bits per heavy atom. The number of piperazine rings is 1. The second kappa shape index (κ2) is 8.86. The molecule has 0 radical (unpaired) electrons. The molecule has 0 saturated carbocycles. The summed E-state index contributed by atoms with van der Waals surface area (Å²) in [5, 5.41) is 0. The van der Waals surface area contributed by atoms with Crippen LogP contribution in [0, 0.1) is 6.92 Å². The van der Waals surface area contributed by atoms with E-state index in [0.717, 1.165) is 24.3 Å². The van der Waals surface area contributed by atoms with Crippen molar-refractivity contribution in [2.24, 2.45) is 0 Å². The molecule has 0 N–H and O–H groups in total. The fourth-order valence-corrected chi connectivity index (χ4v) is 5.04. The molecule has 2 aromatic rings. The zero-order chi connectivity index (χ0) is 21.0. The molecule has 6 nitrogen and oxygen atoms in total. The lowest BCUT2D eigenvalue weighted by Gasteiger charge is -2.39. The highest BCUT2D eigenvalue weighted by atomic mass is 32.2. The van der Waals surface area contributed by atoms with Gasteiger partial charge in [-0.05, 0) is 43.2 Å². The quantitative estimate of drug-likeness (QED) is 0.728. The van der Waals surface area contributed by atoms with E-state index in [1.54, 1.807) is 11.0 Å². The number of benzene rings is 2. The Morgan fingerprint density at radius 3 is 2.24 bits per heavy atom. The Morgan fingerprint density at radius 1 is 1.03 bits per heavy atom. The third-order valence-electron chi connectivity index (χ3n) is 5.28. The lowest BCUT2D eigenvalue weighted by atomic mass is 10.1. The largest absolute Gasteiger partial charge is 0.368 e. The van der Waals surface area contributed by atoms with Crippen molar-refractivity contribution >= 4 is 27.3 Å². The number of carbonyl (C=O) groups is 1. The number of hydrogen-bond acceptors (Lipinski definition) is 4. The minimum absolute atomic E-state index is 0.132. The molecule has 1 aliphatic rings. The average molecular weight is 416 g/mol. The van der Waals surface area contributed by atoms with Crippen LogP contribution in [0.1, 0.15) is 18.9 Å². The number of amides is 1. The van der Waals surface area contributed by atoms with Crippen molar-refractivity contribution in [1.29, 1.82) is 0 Å². The first-order chi connectivity index (χ1) is 13.8. The van der Waals surface area contributed by atoms with Gasteiger partial charge >= 0.3 is 0 Å². The lowest BCUT2D eigenvalue weighted by molar-refractivity contribution is -0.132. The minimum Gasteiger partial charge on any atom is -0.368 e. The van der Waals surface area contributed by atoms with E-state index in [2.05, 4.69) is 17.0 Å². The molecule has 1 heterocycles. The van der Waals surface area contributed by atoms with E-state index in [4.69, 9.17) is 0 Å². The van der Waals surface area contributed by atoms with Crippen LogP contribution in [0.15, 0.2) is 54.6 Å². The number of aryl methyl sites for hydroxylation is 1. The van der Waals surface area contributed by atoms with E-state index in [1.807, 2.05) is 50.2 Å². The van der Waals surface area contributed by atoms with Crippen molar-refractivity contribution < 1.29 is 13.2 Å². The summed E-state index contributed by atoms with van der Waals surface area (Å²) in [6.07, 6.45) is 1.58. The summed E-state index contributed by atoms with van der Waals surface area (Å²) in [4.78, 5) is 17.4. The van der Waals surface area contributed by atoms with Gasteiger partial charge in [-0.3, -0.25) is 9.10 Å². The molecular weight excluding hydrogens is 386 g/mol. The van der Waals surface area contributed by atoms with Crippen LogP contribution in [0.25, 0.3) is 0 Å². The number of sulfonamides is 1. The molecule has 2 aromatic carbocycles. The van der Waals surface area contributed by atoms with Crippen molar-refractivity contribution in [2.75, 3.05) is 41.6 Å². The average Bonchev–Trinajstić information content (AvgIpc) is 2.71. The first-order valence-corrected chi connectivity index (χ1v) is 11.8. The van der Waals surface area contributed by atoms with Gasteiger partial charge in [0.15, 0.2) is 0 Å². The number of anilines is 2. The second-order valence-corrected chi connectivity index (χ2v) is 9.33. The van der Waals surface area contributed by atoms with E-state index in [0.29, 0.717) is 25.2 Å². The molecule has 156 valence electrons. The maximum atomic E-state index is 13.3. The molecule has 1 atom stereocenters. The smallest absolute Gasteiger partial charge is 0.246 e. The van der Waals surface area contributed by atoms with Crippen LogP contribution >= 0.6 is 0 Å². The summed E-state index contributed by atoms with van der Waals surface area (Å²) in [6.45, 7) is 6.39. The molecule has 1 aliphatic heterocycles. The third-order valence-corrected chi connectivity index (χ3v) is 6.46. The van der Waals surface area contributed by atoms with Gasteiger partial charge in [-0.15, -0.1) is 0 Å². The van der Waals surface area contributed by atoms with Crippen LogP contribution in [0.3, 0.4) is 0 Å². The summed E-state index contributed by atoms with van der Waals surface area (Å²) in [5.74, 6) is -0.132. The number of hydrogen-bond donors (Lipinski definition) is 0. The Balaban J connectivity index is 1.78. The second-order valence-electron chi connectivity index (χ2n) is 7.47. The van der Waals surface area contributed by atoms with Gasteiger partial charge in [0.25, 0.3) is 0 Å². The summed E-state index contributed by atoms with van der Waals surface area (Å²) >= 11 is 0. The first-order valence-electron chi connectivity index (χ1n) is 9.96. The van der Waals surface area contributed by atoms with E-state index in [9.17, 15) is 13.2 Å². The molecule has 0 aliphatic carbocycles. The Hall–Kier alpha value is -2.54. The Labute approximate surface area is 173 Å². The summed E-state index contributed by atoms with van der Waals surface area (Å²) < 4.78 is 26.5. The third kappa shape index (κ3) is 4.90. The fourth-order valence-electron chi connectivity index (χ4n) is 3.84. The normalized spacial score (nSPS) is 15.8. The lowest BCUT2D eigenvalue weighted by Crippen LogP contribution is -2.56. The molecule has 0 bridgehead atoms. The highest BCUT2D eigenvalue weighted by Gasteiger charge is 2.35. The molecule has 0 spiro atoms. The van der Waals surface area contributed by atoms with Crippen LogP contribution < -0.4 is 9.21 Å². The van der Waals surface area contributed by atoms with Crippen molar-refractivity contribution in [3.63, 3.8) is 0 Å². The minimum atomic E-state index is -3.61. The summed E-state index contributed by atoms with van der Waals surface area (Å²) in [6, 6.07) is 16.7. The molecule has 1 unspecified atom stereocenters. The molecular formula is C22H29N3O3S. The highest BCUT2D eigenvalue weighted by molar-refractivity contribution is 7.92. The van der Waals surface area contributed by atoms with Crippen molar-refractivity contribution in [3.05, 3.63) is 60.2 Å². The molecule has 7 heteroatoms. The van der Waals surface area contributed by atoms with Gasteiger partial charge in [-0.1, -0.05) is 37.3 Å². The summed E-state index contributed by atoms with van der Waals surface area (Å²) in [5.41, 5.74) is 2.63. The molecule has 1 amide bonds. The molecule has 0 aromatic heterocycles. The van der Waals surface area contributed by atoms with Crippen LogP contribution in [-0.4, -0.2) is 57.7 Å². The SMILES string of the molecule is CCC(C(=O)N1CCN(c2ccccc2)CC1)N(c1cccc(C)c1)S(C)(=O)=O. The Bertz CT molecular complexity index is 939. The van der Waals surface area contributed by atoms with E-state index in [1.165, 1.54) is 10.6 Å². The standard InChI is InChI=1S/C22H29N3O3S/c1-4-21(25(29(3,27)28)20-12-8-9-18(2)17-20)22(26)24-15-13-23(14-16-24)19-10-6-5-7-11-19/h5-12,17,21H,4,13-16H2,1-3H3. The fraction of sp³-hybridized carbons (Fsp3) is 0.409. The van der Waals surface area contributed by atoms with Gasteiger partial charge in [-0.25, -0.2) is 8.42 Å². The predicted molar refractivity (Wildman–Crippen MR) is 118 cm³/mol. The van der Waals surface area contributed by atoms with Crippen molar-refractivity contribution in [2.45, 2.75) is 26.3 Å². The van der Waals surface area contributed by atoms with Gasteiger partial charge in [0.05, 0.1) is 11.9 Å². The topological polar surface area (TPSA) is 60.9 Å². The van der Waals surface area contributed by atoms with Crippen LogP contribution in [0.2, 0.25) is 0 Å². The predicted octanol–water partition coefficient (Wildman–Crippen LogP) is 2.89. The van der Waals surface area contributed by atoms with Gasteiger partial charge in [-0.2, -0.15) is 0 Å². The Kier molecular flexibility index (Phi) is 6.47. The summed E-state index contributed by atoms with van der Waals surface area (Å²) in [7, 11) is -3.61. The highest BCUT2D eigenvalue weighted by Crippen LogP contribution is 2.25. The number of para-hydroxylation sites is 1. The molecule has 1 saturated heterocycles. The van der Waals surface area contributed by atoms with Crippen molar-refractivity contribution in [1.82, 2.24) is 4.90 Å². The van der Waals surface area contributed by atoms with Gasteiger partial charge in [0.1, 0.15) is 6.04 Å². The molecule has 29 heavy (non-hydrogen) atoms. The zero-order valence-electron chi connectivity index (χ0n) is 17.3. The first kappa shape index (κ1) is 21.2.